The van der Waals surface area contributed by atoms with Gasteiger partial charge in [0, 0.05) is 44.4 Å². The number of aryl methyl sites for hydroxylation is 2. The van der Waals surface area contributed by atoms with Crippen LogP contribution in [0.15, 0.2) is 27.6 Å². The lowest BCUT2D eigenvalue weighted by atomic mass is 10.0. The first kappa shape index (κ1) is 36.1. The molecule has 0 unspecified atom stereocenters. The van der Waals surface area contributed by atoms with Gasteiger partial charge >= 0.3 is 6.03 Å². The van der Waals surface area contributed by atoms with E-state index >= 15 is 0 Å². The number of aliphatic hydroxyl groups excluding tert-OH is 1. The fourth-order valence-electron chi connectivity index (χ4n) is 5.22. The Morgan fingerprint density at radius 1 is 1.20 bits per heavy atom. The van der Waals surface area contributed by atoms with E-state index in [1.54, 1.807) is 35.9 Å². The summed E-state index contributed by atoms with van der Waals surface area (Å²) in [6.45, 7) is 13.1. The van der Waals surface area contributed by atoms with Crippen LogP contribution in [-0.4, -0.2) is 98.1 Å². The summed E-state index contributed by atoms with van der Waals surface area (Å²) in [7, 11) is -2.37. The fourth-order valence-corrected chi connectivity index (χ4v) is 6.60. The van der Waals surface area contributed by atoms with Crippen LogP contribution in [0.5, 0.6) is 5.75 Å². The summed E-state index contributed by atoms with van der Waals surface area (Å²) >= 11 is 0. The van der Waals surface area contributed by atoms with Crippen LogP contribution in [0.3, 0.4) is 0 Å². The molecule has 0 fully saturated rings. The second-order valence-corrected chi connectivity index (χ2v) is 13.9. The first-order chi connectivity index (χ1) is 21.1. The summed E-state index contributed by atoms with van der Waals surface area (Å²) in [5, 5.41) is 16.8. The molecule has 0 saturated heterocycles. The van der Waals surface area contributed by atoms with Gasteiger partial charge < -0.3 is 34.2 Å². The minimum absolute atomic E-state index is 0.0242. The number of aliphatic hydroxyl groups is 1. The summed E-state index contributed by atoms with van der Waals surface area (Å²) < 4.78 is 46.6. The Bertz CT molecular complexity index is 1390. The van der Waals surface area contributed by atoms with Crippen molar-refractivity contribution in [3.05, 3.63) is 35.2 Å². The van der Waals surface area contributed by atoms with Gasteiger partial charge in [-0.05, 0) is 79.0 Å². The molecular weight excluding hydrogens is 602 g/mol. The molecule has 2 aromatic rings. The molecule has 13 nitrogen and oxygen atoms in total. The number of anilines is 1. The van der Waals surface area contributed by atoms with E-state index in [4.69, 9.17) is 14.0 Å². The zero-order valence-corrected chi connectivity index (χ0v) is 28.4. The minimum atomic E-state index is -4.08. The summed E-state index contributed by atoms with van der Waals surface area (Å²) in [6, 6.07) is 3.75. The second kappa shape index (κ2) is 15.8. The molecule has 3 amide bonds. The van der Waals surface area contributed by atoms with Crippen LogP contribution in [0.25, 0.3) is 0 Å². The van der Waals surface area contributed by atoms with E-state index in [0.29, 0.717) is 25.3 Å². The Hall–Kier alpha value is -3.36. The van der Waals surface area contributed by atoms with E-state index in [1.807, 2.05) is 27.7 Å². The molecule has 1 aromatic carbocycles. The molecule has 0 radical (unpaired) electrons. The first-order valence-corrected chi connectivity index (χ1v) is 16.9. The first-order valence-electron chi connectivity index (χ1n) is 15.5. The molecule has 1 aliphatic rings. The molecule has 3 N–H and O–H groups in total. The Morgan fingerprint density at radius 2 is 1.91 bits per heavy atom. The van der Waals surface area contributed by atoms with Crippen molar-refractivity contribution in [2.24, 2.45) is 5.92 Å². The van der Waals surface area contributed by atoms with Gasteiger partial charge in [0.15, 0.2) is 10.7 Å². The van der Waals surface area contributed by atoms with Crippen LogP contribution in [0.4, 0.5) is 10.5 Å². The molecule has 0 saturated carbocycles. The molecule has 14 heteroatoms. The number of benzene rings is 1. The molecule has 45 heavy (non-hydrogen) atoms. The Balaban J connectivity index is 2.00. The van der Waals surface area contributed by atoms with Gasteiger partial charge in [0.1, 0.15) is 11.4 Å². The highest BCUT2D eigenvalue weighted by atomic mass is 32.2. The van der Waals surface area contributed by atoms with Gasteiger partial charge in [-0.15, -0.1) is 0 Å². The molecule has 0 spiro atoms. The average molecular weight is 652 g/mol. The molecule has 1 aliphatic heterocycles. The van der Waals surface area contributed by atoms with Crippen LogP contribution in [0.1, 0.15) is 75.7 Å². The van der Waals surface area contributed by atoms with Crippen LogP contribution in [-0.2, 0) is 14.8 Å². The third-order valence-electron chi connectivity index (χ3n) is 7.75. The fraction of sp³-hybridized carbons (Fsp3) is 0.645. The summed E-state index contributed by atoms with van der Waals surface area (Å²) in [5.41, 5.74) is 0.520. The topological polar surface area (TPSA) is 164 Å². The third kappa shape index (κ3) is 9.57. The van der Waals surface area contributed by atoms with E-state index in [0.717, 1.165) is 12.8 Å². The predicted molar refractivity (Wildman–Crippen MR) is 170 cm³/mol. The monoisotopic (exact) mass is 651 g/mol. The maximum atomic E-state index is 14.3. The number of amides is 3. The number of aromatic nitrogens is 1. The summed E-state index contributed by atoms with van der Waals surface area (Å²) in [5.74, 6) is -0.214. The summed E-state index contributed by atoms with van der Waals surface area (Å²) in [4.78, 5) is 30.0. The van der Waals surface area contributed by atoms with Gasteiger partial charge in [-0.2, -0.15) is 0 Å². The second-order valence-electron chi connectivity index (χ2n) is 12.3. The van der Waals surface area contributed by atoms with E-state index in [9.17, 15) is 23.1 Å². The number of carbonyl (C=O) groups is 2. The number of hydrogen-bond acceptors (Lipinski definition) is 9. The van der Waals surface area contributed by atoms with Crippen molar-refractivity contribution in [3.63, 3.8) is 0 Å². The molecule has 0 bridgehead atoms. The number of nitrogens with one attached hydrogen (secondary N) is 2. The smallest absolute Gasteiger partial charge is 0.317 e. The van der Waals surface area contributed by atoms with Gasteiger partial charge in [-0.25, -0.2) is 13.2 Å². The van der Waals surface area contributed by atoms with Crippen molar-refractivity contribution < 1.29 is 37.1 Å². The molecule has 4 atom stereocenters. The van der Waals surface area contributed by atoms with Gasteiger partial charge in [0.2, 0.25) is 0 Å². The van der Waals surface area contributed by atoms with Crippen molar-refractivity contribution in [1.82, 2.24) is 20.3 Å². The number of sulfonamides is 1. The highest BCUT2D eigenvalue weighted by molar-refractivity contribution is 7.92. The largest absolute Gasteiger partial charge is 0.490 e. The Kier molecular flexibility index (Phi) is 12.7. The maximum absolute atomic E-state index is 14.3. The molecule has 2 heterocycles. The molecule has 252 valence electrons. The summed E-state index contributed by atoms with van der Waals surface area (Å²) in [6.07, 6.45) is 1.67. The number of fused-ring (bicyclic) bond motifs is 1. The lowest BCUT2D eigenvalue weighted by Crippen LogP contribution is -2.49. The van der Waals surface area contributed by atoms with Crippen LogP contribution in [0, 0.1) is 19.8 Å². The molecule has 3 rings (SSSR count). The van der Waals surface area contributed by atoms with E-state index in [-0.39, 0.29) is 64.8 Å². The van der Waals surface area contributed by atoms with Gasteiger partial charge in [-0.3, -0.25) is 9.52 Å². The SMILES string of the molecule is Cc1noc(C)c1S(=O)(=O)Nc1ccc2c(c1)C(=O)N([C@H](C)CO)C[C@H](C)[C@@H](CN(C)C(=O)NC(C)C)OCCCC[C@@H](C)O2. The Labute approximate surface area is 266 Å². The van der Waals surface area contributed by atoms with E-state index in [1.165, 1.54) is 19.9 Å². The number of carbonyl (C=O) groups excluding carboxylic acids is 2. The van der Waals surface area contributed by atoms with Crippen molar-refractivity contribution in [2.45, 2.75) is 96.9 Å². The normalized spacial score (nSPS) is 21.0. The van der Waals surface area contributed by atoms with Crippen molar-refractivity contribution in [2.75, 3.05) is 38.1 Å². The van der Waals surface area contributed by atoms with Gasteiger partial charge in [0.05, 0.1) is 30.4 Å². The van der Waals surface area contributed by atoms with E-state index < -0.39 is 28.1 Å². The van der Waals surface area contributed by atoms with Crippen molar-refractivity contribution >= 4 is 27.6 Å². The molecule has 1 aromatic heterocycles. The number of nitrogens with zero attached hydrogens (tertiary/aromatic N) is 3. The number of urea groups is 1. The van der Waals surface area contributed by atoms with Crippen molar-refractivity contribution in [3.8, 4) is 5.75 Å². The maximum Gasteiger partial charge on any atom is 0.317 e. The molecular formula is C31H49N5O8S. The van der Waals surface area contributed by atoms with Crippen LogP contribution >= 0.6 is 0 Å². The zero-order chi connectivity index (χ0) is 33.5. The zero-order valence-electron chi connectivity index (χ0n) is 27.6. The van der Waals surface area contributed by atoms with E-state index in [2.05, 4.69) is 15.2 Å². The average Bonchev–Trinajstić information content (AvgIpc) is 3.32. The van der Waals surface area contributed by atoms with Gasteiger partial charge in [0.25, 0.3) is 15.9 Å². The number of likely N-dealkylation sites (N-methyl/N-ethyl adjacent to an activating group) is 1. The third-order valence-corrected chi connectivity index (χ3v) is 9.38. The van der Waals surface area contributed by atoms with Crippen LogP contribution < -0.4 is 14.8 Å². The molecule has 0 aliphatic carbocycles. The lowest BCUT2D eigenvalue weighted by Gasteiger charge is -2.36. The quantitative estimate of drug-likeness (QED) is 0.384. The van der Waals surface area contributed by atoms with Crippen LogP contribution in [0.2, 0.25) is 0 Å². The standard InChI is InChI=1S/C31H49N5O8S/c1-19(2)32-31(39)35(8)17-28-20(3)16-36(21(4)18-37)30(38)26-15-25(34-45(40,41)29-23(6)33-44-24(29)7)12-13-27(26)43-22(5)11-9-10-14-42-28/h12-13,15,19-22,28,34,37H,9-11,14,16-18H2,1-8H3,(H,32,39)/t20-,21+,22+,28+/m0/s1. The predicted octanol–water partition coefficient (Wildman–Crippen LogP) is 3.94. The number of ether oxygens (including phenoxy) is 2. The lowest BCUT2D eigenvalue weighted by molar-refractivity contribution is -0.0122. The minimum Gasteiger partial charge on any atom is -0.490 e. The van der Waals surface area contributed by atoms with Crippen molar-refractivity contribution in [1.29, 1.82) is 0 Å². The Morgan fingerprint density at radius 3 is 2.53 bits per heavy atom. The van der Waals surface area contributed by atoms with Gasteiger partial charge in [-0.1, -0.05) is 12.1 Å². The number of hydrogen-bond donors (Lipinski definition) is 3. The number of rotatable bonds is 8. The highest BCUT2D eigenvalue weighted by Gasteiger charge is 2.32. The highest BCUT2D eigenvalue weighted by Crippen LogP contribution is 2.30.